The molecule has 17 heavy (non-hydrogen) atoms. The van der Waals surface area contributed by atoms with Gasteiger partial charge in [0, 0.05) is 13.0 Å². The number of nitrogens with zero attached hydrogens (tertiary/aromatic N) is 1. The minimum absolute atomic E-state index is 0.144. The van der Waals surface area contributed by atoms with Crippen LogP contribution in [0.25, 0.3) is 0 Å². The van der Waals surface area contributed by atoms with E-state index in [4.69, 9.17) is 0 Å². The number of carbonyl (C=O) groups is 1. The molecule has 1 atom stereocenters. The van der Waals surface area contributed by atoms with Crippen LogP contribution in [0.5, 0.6) is 0 Å². The fraction of sp³-hybridized carbons (Fsp3) is 0.533. The molecule has 2 rings (SSSR count). The maximum absolute atomic E-state index is 11.8. The van der Waals surface area contributed by atoms with E-state index in [1.165, 1.54) is 17.5 Å². The van der Waals surface area contributed by atoms with Gasteiger partial charge in [-0.15, -0.1) is 0 Å². The second-order valence-electron chi connectivity index (χ2n) is 5.13. The highest BCUT2D eigenvalue weighted by molar-refractivity contribution is 5.84. The summed E-state index contributed by atoms with van der Waals surface area (Å²) in [6, 6.07) is 8.71. The Hall–Kier alpha value is -1.15. The monoisotopic (exact) mass is 231 g/mol. The zero-order valence-corrected chi connectivity index (χ0v) is 10.8. The summed E-state index contributed by atoms with van der Waals surface area (Å²) < 4.78 is 0. The first-order chi connectivity index (χ1) is 8.16. The van der Waals surface area contributed by atoms with Gasteiger partial charge in [0.25, 0.3) is 0 Å². The molecule has 0 N–H and O–H groups in total. The lowest BCUT2D eigenvalue weighted by molar-refractivity contribution is -0.125. The van der Waals surface area contributed by atoms with Crippen LogP contribution in [0.3, 0.4) is 0 Å². The predicted octanol–water partition coefficient (Wildman–Crippen LogP) is 2.94. The molecule has 1 unspecified atom stereocenters. The van der Waals surface area contributed by atoms with Crippen molar-refractivity contribution in [2.75, 3.05) is 7.05 Å². The van der Waals surface area contributed by atoms with E-state index >= 15 is 0 Å². The van der Waals surface area contributed by atoms with Crippen LogP contribution >= 0.6 is 0 Å². The number of Topliss-reactive ketones (excluding diaryl/α,β-unsaturated/α-hetero) is 1. The summed E-state index contributed by atoms with van der Waals surface area (Å²) in [6.07, 6.45) is 4.06. The van der Waals surface area contributed by atoms with Crippen LogP contribution in [0.15, 0.2) is 24.3 Å². The Morgan fingerprint density at radius 1 is 1.24 bits per heavy atom. The van der Waals surface area contributed by atoms with Crippen molar-refractivity contribution in [3.8, 4) is 0 Å². The molecule has 92 valence electrons. The number of aryl methyl sites for hydroxylation is 1. The third kappa shape index (κ3) is 3.16. The normalized spacial score (nSPS) is 20.9. The van der Waals surface area contributed by atoms with Crippen LogP contribution in [0, 0.1) is 6.92 Å². The summed E-state index contributed by atoms with van der Waals surface area (Å²) in [5, 5.41) is 0. The molecular weight excluding hydrogens is 210 g/mol. The first-order valence-electron chi connectivity index (χ1n) is 6.45. The van der Waals surface area contributed by atoms with E-state index in [0.29, 0.717) is 5.78 Å². The van der Waals surface area contributed by atoms with Crippen molar-refractivity contribution in [3.63, 3.8) is 0 Å². The van der Waals surface area contributed by atoms with Gasteiger partial charge < -0.3 is 0 Å². The summed E-state index contributed by atoms with van der Waals surface area (Å²) in [5.41, 5.74) is 2.57. The third-order valence-corrected chi connectivity index (χ3v) is 3.61. The van der Waals surface area contributed by atoms with Crippen LogP contribution in [-0.4, -0.2) is 23.8 Å². The molecule has 1 aromatic carbocycles. The summed E-state index contributed by atoms with van der Waals surface area (Å²) in [6.45, 7) is 2.97. The van der Waals surface area contributed by atoms with Crippen molar-refractivity contribution >= 4 is 5.78 Å². The minimum Gasteiger partial charge on any atom is -0.298 e. The Morgan fingerprint density at radius 2 is 1.94 bits per heavy atom. The summed E-state index contributed by atoms with van der Waals surface area (Å²) in [4.78, 5) is 14.0. The molecule has 2 heteroatoms. The highest BCUT2D eigenvalue weighted by Crippen LogP contribution is 2.20. The average molecular weight is 231 g/mol. The molecule has 0 aliphatic heterocycles. The summed E-state index contributed by atoms with van der Waals surface area (Å²) in [5.74, 6) is 0.422. The summed E-state index contributed by atoms with van der Waals surface area (Å²) in [7, 11) is 2.06. The molecule has 0 heterocycles. The van der Waals surface area contributed by atoms with E-state index in [2.05, 4.69) is 43.1 Å². The smallest absolute Gasteiger partial charge is 0.149 e. The zero-order chi connectivity index (χ0) is 12.3. The molecule has 0 spiro atoms. The lowest BCUT2D eigenvalue weighted by Crippen LogP contribution is -2.39. The van der Waals surface area contributed by atoms with Gasteiger partial charge in [-0.3, -0.25) is 9.69 Å². The van der Waals surface area contributed by atoms with Gasteiger partial charge >= 0.3 is 0 Å². The van der Waals surface area contributed by atoms with Gasteiger partial charge in [0.05, 0.1) is 6.04 Å². The number of rotatable bonds is 3. The number of likely N-dealkylation sites (N-methyl/N-ethyl adjacent to an activating group) is 1. The Kier molecular flexibility index (Phi) is 3.95. The van der Waals surface area contributed by atoms with Crippen molar-refractivity contribution in [2.45, 2.75) is 45.2 Å². The quantitative estimate of drug-likeness (QED) is 0.797. The number of benzene rings is 1. The maximum Gasteiger partial charge on any atom is 0.149 e. The van der Waals surface area contributed by atoms with Crippen molar-refractivity contribution in [2.24, 2.45) is 0 Å². The number of ketones is 1. The molecule has 0 amide bonds. The lowest BCUT2D eigenvalue weighted by atomic mass is 9.93. The molecule has 2 nitrogen and oxygen atoms in total. The van der Waals surface area contributed by atoms with Crippen molar-refractivity contribution < 1.29 is 4.79 Å². The molecule has 0 bridgehead atoms. The van der Waals surface area contributed by atoms with Crippen LogP contribution in [-0.2, 0) is 11.3 Å². The van der Waals surface area contributed by atoms with Crippen LogP contribution in [0.4, 0.5) is 0 Å². The first-order valence-corrected chi connectivity index (χ1v) is 6.45. The molecule has 0 aromatic heterocycles. The van der Waals surface area contributed by atoms with E-state index in [-0.39, 0.29) is 6.04 Å². The Labute approximate surface area is 104 Å². The number of hydrogen-bond donors (Lipinski definition) is 0. The van der Waals surface area contributed by atoms with E-state index < -0.39 is 0 Å². The van der Waals surface area contributed by atoms with Gasteiger partial charge in [0.2, 0.25) is 0 Å². The van der Waals surface area contributed by atoms with Gasteiger partial charge in [-0.25, -0.2) is 0 Å². The Bertz CT molecular complexity index is 382. The Morgan fingerprint density at radius 3 is 2.59 bits per heavy atom. The lowest BCUT2D eigenvalue weighted by Gasteiger charge is -2.29. The topological polar surface area (TPSA) is 20.3 Å². The van der Waals surface area contributed by atoms with Crippen LogP contribution < -0.4 is 0 Å². The second-order valence-corrected chi connectivity index (χ2v) is 5.13. The van der Waals surface area contributed by atoms with Gasteiger partial charge in [-0.2, -0.15) is 0 Å². The van der Waals surface area contributed by atoms with Gasteiger partial charge in [0.15, 0.2) is 0 Å². The molecule has 1 aliphatic carbocycles. The second kappa shape index (κ2) is 5.46. The fourth-order valence-electron chi connectivity index (χ4n) is 2.52. The van der Waals surface area contributed by atoms with E-state index in [1.54, 1.807) is 0 Å². The SMILES string of the molecule is Cc1ccc(CN(C)C2CCCCC2=O)cc1. The molecule has 1 fully saturated rings. The van der Waals surface area contributed by atoms with Crippen molar-refractivity contribution in [1.29, 1.82) is 0 Å². The number of carbonyl (C=O) groups excluding carboxylic acids is 1. The van der Waals surface area contributed by atoms with Gasteiger partial charge in [0.1, 0.15) is 5.78 Å². The zero-order valence-electron chi connectivity index (χ0n) is 10.8. The standard InChI is InChI=1S/C15H21NO/c1-12-7-9-13(10-8-12)11-16(2)14-5-3-4-6-15(14)17/h7-10,14H,3-6,11H2,1-2H3. The van der Waals surface area contributed by atoms with E-state index in [0.717, 1.165) is 25.8 Å². The minimum atomic E-state index is 0.144. The maximum atomic E-state index is 11.8. The van der Waals surface area contributed by atoms with Crippen LogP contribution in [0.1, 0.15) is 36.8 Å². The van der Waals surface area contributed by atoms with Crippen LogP contribution in [0.2, 0.25) is 0 Å². The first kappa shape index (κ1) is 12.3. The van der Waals surface area contributed by atoms with Gasteiger partial charge in [-0.05, 0) is 32.4 Å². The molecule has 1 aromatic rings. The number of hydrogen-bond acceptors (Lipinski definition) is 2. The van der Waals surface area contributed by atoms with E-state index in [9.17, 15) is 4.79 Å². The van der Waals surface area contributed by atoms with Gasteiger partial charge in [-0.1, -0.05) is 36.2 Å². The molecule has 1 saturated carbocycles. The van der Waals surface area contributed by atoms with Crippen molar-refractivity contribution in [1.82, 2.24) is 4.90 Å². The average Bonchev–Trinajstić information content (AvgIpc) is 2.32. The van der Waals surface area contributed by atoms with Crippen molar-refractivity contribution in [3.05, 3.63) is 35.4 Å². The molecule has 1 aliphatic rings. The van der Waals surface area contributed by atoms with E-state index in [1.807, 2.05) is 0 Å². The fourth-order valence-corrected chi connectivity index (χ4v) is 2.52. The predicted molar refractivity (Wildman–Crippen MR) is 69.9 cm³/mol. The third-order valence-electron chi connectivity index (χ3n) is 3.61. The highest BCUT2D eigenvalue weighted by Gasteiger charge is 2.25. The molecule has 0 radical (unpaired) electrons. The molecule has 0 saturated heterocycles. The Balaban J connectivity index is 1.98. The highest BCUT2D eigenvalue weighted by atomic mass is 16.1. The summed E-state index contributed by atoms with van der Waals surface area (Å²) >= 11 is 0. The molecular formula is C15H21NO. The largest absolute Gasteiger partial charge is 0.298 e.